The van der Waals surface area contributed by atoms with E-state index in [0.717, 1.165) is 10.0 Å². The van der Waals surface area contributed by atoms with Crippen LogP contribution in [-0.2, 0) is 9.59 Å². The van der Waals surface area contributed by atoms with E-state index in [9.17, 15) is 9.59 Å². The van der Waals surface area contributed by atoms with Gasteiger partial charge < -0.3 is 10.1 Å². The molecule has 3 aromatic carbocycles. The normalized spacial score (nSPS) is 13.8. The lowest BCUT2D eigenvalue weighted by molar-refractivity contribution is -0.120. The molecule has 4 rings (SSSR count). The topological polar surface area (TPSA) is 58.6 Å². The van der Waals surface area contributed by atoms with Crippen LogP contribution in [0, 0.1) is 6.92 Å². The minimum atomic E-state index is -0.389. The van der Waals surface area contributed by atoms with Gasteiger partial charge in [0, 0.05) is 10.2 Å². The first kappa shape index (κ1) is 19.9. The molecule has 3 aromatic rings. The molecule has 1 N–H and O–H groups in total. The number of para-hydroxylation sites is 1. The first-order valence-corrected chi connectivity index (χ1v) is 10.1. The summed E-state index contributed by atoms with van der Waals surface area (Å²) in [5.74, 6) is -0.0783. The lowest BCUT2D eigenvalue weighted by atomic mass is 10.0. The van der Waals surface area contributed by atoms with E-state index < -0.39 is 0 Å². The Balaban J connectivity index is 1.84. The van der Waals surface area contributed by atoms with Crippen LogP contribution in [0.15, 0.2) is 83.0 Å². The third-order valence-corrected chi connectivity index (χ3v) is 5.41. The van der Waals surface area contributed by atoms with Crippen molar-refractivity contribution in [2.75, 3.05) is 17.3 Å². The highest BCUT2D eigenvalue weighted by Gasteiger charge is 2.40. The van der Waals surface area contributed by atoms with Gasteiger partial charge in [0.25, 0.3) is 11.8 Å². The standard InChI is InChI=1S/C24H19BrN2O3/c1-15-6-3-4-9-20(15)27-23(28)21(16-10-12-19(30-2)13-11-16)22(24(27)29)26-18-8-5-7-17(25)14-18/h3-14,26H,1-2H3. The molecule has 150 valence electrons. The minimum Gasteiger partial charge on any atom is -0.497 e. The zero-order valence-electron chi connectivity index (χ0n) is 16.5. The van der Waals surface area contributed by atoms with Crippen molar-refractivity contribution in [1.29, 1.82) is 0 Å². The Labute approximate surface area is 183 Å². The summed E-state index contributed by atoms with van der Waals surface area (Å²) in [5, 5.41) is 3.16. The van der Waals surface area contributed by atoms with Gasteiger partial charge in [0.2, 0.25) is 0 Å². The number of nitrogens with zero attached hydrogens (tertiary/aromatic N) is 1. The fraction of sp³-hybridized carbons (Fsp3) is 0.0833. The van der Waals surface area contributed by atoms with Gasteiger partial charge in [0.1, 0.15) is 11.4 Å². The second kappa shape index (κ2) is 8.16. The number of amides is 2. The van der Waals surface area contributed by atoms with E-state index in [1.807, 2.05) is 49.4 Å². The largest absolute Gasteiger partial charge is 0.497 e. The number of aryl methyl sites for hydroxylation is 1. The van der Waals surface area contributed by atoms with E-state index in [1.165, 1.54) is 4.90 Å². The van der Waals surface area contributed by atoms with Gasteiger partial charge in [-0.25, -0.2) is 4.90 Å². The van der Waals surface area contributed by atoms with Crippen molar-refractivity contribution < 1.29 is 14.3 Å². The van der Waals surface area contributed by atoms with Gasteiger partial charge in [-0.2, -0.15) is 0 Å². The molecule has 6 heteroatoms. The summed E-state index contributed by atoms with van der Waals surface area (Å²) in [6.45, 7) is 1.88. The second-order valence-electron chi connectivity index (χ2n) is 6.85. The predicted molar refractivity (Wildman–Crippen MR) is 121 cm³/mol. The lowest BCUT2D eigenvalue weighted by Gasteiger charge is -2.17. The number of benzene rings is 3. The average Bonchev–Trinajstić information content (AvgIpc) is 2.98. The Bertz CT molecular complexity index is 1170. The molecule has 0 saturated carbocycles. The summed E-state index contributed by atoms with van der Waals surface area (Å²) < 4.78 is 6.09. The Morgan fingerprint density at radius 2 is 1.63 bits per heavy atom. The average molecular weight is 463 g/mol. The highest BCUT2D eigenvalue weighted by atomic mass is 79.9. The summed E-state index contributed by atoms with van der Waals surface area (Å²) in [5.41, 5.74) is 3.33. The smallest absolute Gasteiger partial charge is 0.282 e. The fourth-order valence-corrected chi connectivity index (χ4v) is 3.81. The molecule has 1 aliphatic rings. The van der Waals surface area contributed by atoms with Gasteiger partial charge in [0.15, 0.2) is 0 Å². The van der Waals surface area contributed by atoms with E-state index >= 15 is 0 Å². The van der Waals surface area contributed by atoms with Crippen molar-refractivity contribution >= 4 is 44.7 Å². The van der Waals surface area contributed by atoms with E-state index in [2.05, 4.69) is 21.2 Å². The lowest BCUT2D eigenvalue weighted by Crippen LogP contribution is -2.33. The Kier molecular flexibility index (Phi) is 5.42. The number of methoxy groups -OCH3 is 1. The number of anilines is 2. The molecule has 5 nitrogen and oxygen atoms in total. The van der Waals surface area contributed by atoms with Crippen molar-refractivity contribution in [2.24, 2.45) is 0 Å². The van der Waals surface area contributed by atoms with E-state index in [1.54, 1.807) is 37.4 Å². The summed E-state index contributed by atoms with van der Waals surface area (Å²) in [6.07, 6.45) is 0. The number of imide groups is 1. The third-order valence-electron chi connectivity index (χ3n) is 4.91. The molecular formula is C24H19BrN2O3. The number of halogens is 1. The minimum absolute atomic E-state index is 0.242. The summed E-state index contributed by atoms with van der Waals surface area (Å²) in [4.78, 5) is 28.1. The van der Waals surface area contributed by atoms with Gasteiger partial charge in [-0.3, -0.25) is 9.59 Å². The molecule has 0 spiro atoms. The second-order valence-corrected chi connectivity index (χ2v) is 7.76. The van der Waals surface area contributed by atoms with E-state index in [0.29, 0.717) is 28.3 Å². The van der Waals surface area contributed by atoms with Crippen LogP contribution in [0.25, 0.3) is 5.57 Å². The molecule has 0 unspecified atom stereocenters. The number of nitrogens with one attached hydrogen (secondary N) is 1. The third kappa shape index (κ3) is 3.62. The SMILES string of the molecule is COc1ccc(C2=C(Nc3cccc(Br)c3)C(=O)N(c3ccccc3C)C2=O)cc1. The van der Waals surface area contributed by atoms with Crippen LogP contribution < -0.4 is 15.0 Å². The zero-order chi connectivity index (χ0) is 21.3. The van der Waals surface area contributed by atoms with Crippen LogP contribution in [0.4, 0.5) is 11.4 Å². The number of carbonyl (C=O) groups is 2. The molecule has 1 aliphatic heterocycles. The van der Waals surface area contributed by atoms with Crippen LogP contribution in [0.3, 0.4) is 0 Å². The number of carbonyl (C=O) groups excluding carboxylic acids is 2. The zero-order valence-corrected chi connectivity index (χ0v) is 18.1. The molecule has 2 amide bonds. The van der Waals surface area contributed by atoms with Gasteiger partial charge in [-0.05, 0) is 54.4 Å². The molecule has 0 saturated heterocycles. The Hall–Kier alpha value is -3.38. The molecule has 0 fully saturated rings. The van der Waals surface area contributed by atoms with Crippen LogP contribution in [0.2, 0.25) is 0 Å². The maximum Gasteiger partial charge on any atom is 0.282 e. The summed E-state index contributed by atoms with van der Waals surface area (Å²) >= 11 is 3.44. The van der Waals surface area contributed by atoms with Crippen LogP contribution in [-0.4, -0.2) is 18.9 Å². The van der Waals surface area contributed by atoms with E-state index in [-0.39, 0.29) is 17.5 Å². The molecule has 0 aromatic heterocycles. The fourth-order valence-electron chi connectivity index (χ4n) is 3.41. The molecule has 0 radical (unpaired) electrons. The van der Waals surface area contributed by atoms with Crippen molar-refractivity contribution in [3.8, 4) is 5.75 Å². The van der Waals surface area contributed by atoms with Crippen molar-refractivity contribution in [2.45, 2.75) is 6.92 Å². The molecule has 1 heterocycles. The maximum atomic E-state index is 13.5. The molecule has 0 aliphatic carbocycles. The van der Waals surface area contributed by atoms with Gasteiger partial charge in [0.05, 0.1) is 18.4 Å². The number of ether oxygens (including phenoxy) is 1. The molecule has 30 heavy (non-hydrogen) atoms. The first-order chi connectivity index (χ1) is 14.5. The first-order valence-electron chi connectivity index (χ1n) is 9.35. The monoisotopic (exact) mass is 462 g/mol. The van der Waals surface area contributed by atoms with Crippen LogP contribution in [0.1, 0.15) is 11.1 Å². The van der Waals surface area contributed by atoms with Crippen LogP contribution in [0.5, 0.6) is 5.75 Å². The molecule has 0 bridgehead atoms. The van der Waals surface area contributed by atoms with Gasteiger partial charge in [-0.15, -0.1) is 0 Å². The van der Waals surface area contributed by atoms with Gasteiger partial charge in [-0.1, -0.05) is 52.3 Å². The van der Waals surface area contributed by atoms with Gasteiger partial charge >= 0.3 is 0 Å². The highest BCUT2D eigenvalue weighted by Crippen LogP contribution is 2.35. The summed E-state index contributed by atoms with van der Waals surface area (Å²) in [6, 6.07) is 21.9. The highest BCUT2D eigenvalue weighted by molar-refractivity contribution is 9.10. The Morgan fingerprint density at radius 3 is 2.30 bits per heavy atom. The molecular weight excluding hydrogens is 444 g/mol. The van der Waals surface area contributed by atoms with Crippen molar-refractivity contribution in [1.82, 2.24) is 0 Å². The van der Waals surface area contributed by atoms with Crippen molar-refractivity contribution in [3.05, 3.63) is 94.1 Å². The predicted octanol–water partition coefficient (Wildman–Crippen LogP) is 5.16. The Morgan fingerprint density at radius 1 is 0.900 bits per heavy atom. The number of hydrogen-bond donors (Lipinski definition) is 1. The molecule has 0 atom stereocenters. The maximum absolute atomic E-state index is 13.5. The number of hydrogen-bond acceptors (Lipinski definition) is 4. The van der Waals surface area contributed by atoms with Crippen molar-refractivity contribution in [3.63, 3.8) is 0 Å². The number of rotatable bonds is 5. The van der Waals surface area contributed by atoms with Crippen LogP contribution >= 0.6 is 15.9 Å². The van der Waals surface area contributed by atoms with E-state index in [4.69, 9.17) is 4.74 Å². The summed E-state index contributed by atoms with van der Waals surface area (Å²) in [7, 11) is 1.58. The quantitative estimate of drug-likeness (QED) is 0.531.